The first-order chi connectivity index (χ1) is 7.30. The summed E-state index contributed by atoms with van der Waals surface area (Å²) in [5, 5.41) is 0. The van der Waals surface area contributed by atoms with E-state index in [0.717, 1.165) is 0 Å². The molecule has 0 aliphatic heterocycles. The van der Waals surface area contributed by atoms with Crippen LogP contribution in [0.15, 0.2) is 29.2 Å². The van der Waals surface area contributed by atoms with Gasteiger partial charge in [-0.2, -0.15) is 0 Å². The molecule has 16 heavy (non-hydrogen) atoms. The van der Waals surface area contributed by atoms with Crippen molar-refractivity contribution in [3.63, 3.8) is 0 Å². The lowest BCUT2D eigenvalue weighted by Crippen LogP contribution is -2.30. The van der Waals surface area contributed by atoms with E-state index in [4.69, 9.17) is 21.2 Å². The molecule has 0 spiro atoms. The Labute approximate surface area is 97.6 Å². The standard InChI is InChI=1S/C9H10ClNO4S/c1-6(9(11)12)15-7-2-4-8(5-3-7)16(10,13)14/h2-6H,1H3,(H2,11,12). The number of amides is 1. The Kier molecular flexibility index (Phi) is 3.77. The third-order valence-electron chi connectivity index (χ3n) is 1.82. The molecule has 5 nitrogen and oxygen atoms in total. The highest BCUT2D eigenvalue weighted by Crippen LogP contribution is 2.19. The molecular weight excluding hydrogens is 254 g/mol. The molecule has 1 amide bonds. The fraction of sp³-hybridized carbons (Fsp3) is 0.222. The lowest BCUT2D eigenvalue weighted by Gasteiger charge is -2.10. The summed E-state index contributed by atoms with van der Waals surface area (Å²) >= 11 is 0. The van der Waals surface area contributed by atoms with Crippen molar-refractivity contribution in [2.75, 3.05) is 0 Å². The fourth-order valence-corrected chi connectivity index (χ4v) is 1.71. The van der Waals surface area contributed by atoms with E-state index in [1.165, 1.54) is 31.2 Å². The summed E-state index contributed by atoms with van der Waals surface area (Å²) < 4.78 is 27.0. The van der Waals surface area contributed by atoms with Gasteiger partial charge in [-0.1, -0.05) is 0 Å². The van der Waals surface area contributed by atoms with Crippen LogP contribution >= 0.6 is 10.7 Å². The van der Waals surface area contributed by atoms with E-state index in [9.17, 15) is 13.2 Å². The van der Waals surface area contributed by atoms with Crippen LogP contribution in [0.5, 0.6) is 5.75 Å². The van der Waals surface area contributed by atoms with Crippen molar-refractivity contribution in [1.82, 2.24) is 0 Å². The lowest BCUT2D eigenvalue weighted by molar-refractivity contribution is -0.123. The number of hydrogen-bond acceptors (Lipinski definition) is 4. The van der Waals surface area contributed by atoms with Gasteiger partial charge >= 0.3 is 0 Å². The first-order valence-electron chi connectivity index (χ1n) is 4.31. The monoisotopic (exact) mass is 263 g/mol. The molecule has 0 radical (unpaired) electrons. The Morgan fingerprint density at radius 1 is 1.38 bits per heavy atom. The highest BCUT2D eigenvalue weighted by Gasteiger charge is 2.12. The highest BCUT2D eigenvalue weighted by molar-refractivity contribution is 8.13. The number of primary amides is 1. The average Bonchev–Trinajstić information content (AvgIpc) is 2.17. The Morgan fingerprint density at radius 3 is 2.25 bits per heavy atom. The van der Waals surface area contributed by atoms with E-state index < -0.39 is 21.1 Å². The van der Waals surface area contributed by atoms with Crippen molar-refractivity contribution in [3.05, 3.63) is 24.3 Å². The van der Waals surface area contributed by atoms with Gasteiger partial charge in [0.15, 0.2) is 6.10 Å². The van der Waals surface area contributed by atoms with E-state index >= 15 is 0 Å². The maximum atomic E-state index is 10.9. The van der Waals surface area contributed by atoms with Crippen molar-refractivity contribution in [1.29, 1.82) is 0 Å². The minimum Gasteiger partial charge on any atom is -0.481 e. The normalized spacial score (nSPS) is 13.1. The minimum atomic E-state index is -3.74. The molecular formula is C9H10ClNO4S. The summed E-state index contributed by atoms with van der Waals surface area (Å²) in [5.41, 5.74) is 5.00. The summed E-state index contributed by atoms with van der Waals surface area (Å²) in [6.45, 7) is 1.49. The number of rotatable bonds is 4. The van der Waals surface area contributed by atoms with Gasteiger partial charge in [0.2, 0.25) is 0 Å². The summed E-state index contributed by atoms with van der Waals surface area (Å²) in [7, 11) is 1.39. The van der Waals surface area contributed by atoms with Gasteiger partial charge in [0.1, 0.15) is 5.75 Å². The van der Waals surface area contributed by atoms with E-state index in [1.807, 2.05) is 0 Å². The Hall–Kier alpha value is -1.27. The molecule has 1 aromatic rings. The molecule has 1 unspecified atom stereocenters. The zero-order valence-corrected chi connectivity index (χ0v) is 9.96. The number of carbonyl (C=O) groups is 1. The predicted octanol–water partition coefficient (Wildman–Crippen LogP) is 0.867. The number of halogens is 1. The zero-order valence-electron chi connectivity index (χ0n) is 8.38. The third-order valence-corrected chi connectivity index (χ3v) is 3.19. The molecule has 0 heterocycles. The fourth-order valence-electron chi connectivity index (χ4n) is 0.943. The Balaban J connectivity index is 2.84. The summed E-state index contributed by atoms with van der Waals surface area (Å²) in [6, 6.07) is 5.36. The molecule has 0 aromatic heterocycles. The lowest BCUT2D eigenvalue weighted by atomic mass is 10.3. The van der Waals surface area contributed by atoms with Crippen molar-refractivity contribution in [2.24, 2.45) is 5.73 Å². The van der Waals surface area contributed by atoms with Crippen LogP contribution in [0.1, 0.15) is 6.92 Å². The van der Waals surface area contributed by atoms with Gasteiger partial charge in [-0.15, -0.1) is 0 Å². The topological polar surface area (TPSA) is 86.5 Å². The molecule has 1 rings (SSSR count). The summed E-state index contributed by atoms with van der Waals surface area (Å²) in [6.07, 6.45) is -0.779. The number of benzene rings is 1. The van der Waals surface area contributed by atoms with Crippen molar-refractivity contribution in [3.8, 4) is 5.75 Å². The molecule has 1 aromatic carbocycles. The predicted molar refractivity (Wildman–Crippen MR) is 58.8 cm³/mol. The molecule has 0 fully saturated rings. The van der Waals surface area contributed by atoms with Crippen LogP contribution in [0.3, 0.4) is 0 Å². The van der Waals surface area contributed by atoms with Crippen LogP contribution in [0.4, 0.5) is 0 Å². The molecule has 88 valence electrons. The molecule has 0 aliphatic rings. The molecule has 2 N–H and O–H groups in total. The molecule has 0 saturated carbocycles. The maximum absolute atomic E-state index is 10.9. The quantitative estimate of drug-likeness (QED) is 0.817. The second kappa shape index (κ2) is 4.71. The highest BCUT2D eigenvalue weighted by atomic mass is 35.7. The van der Waals surface area contributed by atoms with Crippen LogP contribution in [0, 0.1) is 0 Å². The molecule has 0 bridgehead atoms. The van der Waals surface area contributed by atoms with Gasteiger partial charge in [0.25, 0.3) is 15.0 Å². The molecule has 7 heteroatoms. The SMILES string of the molecule is CC(Oc1ccc(S(=O)(=O)Cl)cc1)C(N)=O. The number of nitrogens with two attached hydrogens (primary N) is 1. The van der Waals surface area contributed by atoms with Crippen molar-refractivity contribution >= 4 is 25.6 Å². The van der Waals surface area contributed by atoms with E-state index in [1.54, 1.807) is 0 Å². The van der Waals surface area contributed by atoms with Gasteiger partial charge in [-0.05, 0) is 31.2 Å². The van der Waals surface area contributed by atoms with Crippen LogP contribution in [-0.2, 0) is 13.8 Å². The van der Waals surface area contributed by atoms with Gasteiger partial charge in [0.05, 0.1) is 4.90 Å². The first-order valence-corrected chi connectivity index (χ1v) is 6.62. The van der Waals surface area contributed by atoms with E-state index in [2.05, 4.69) is 0 Å². The summed E-state index contributed by atoms with van der Waals surface area (Å²) in [4.78, 5) is 10.7. The maximum Gasteiger partial charge on any atom is 0.261 e. The number of carbonyl (C=O) groups excluding carboxylic acids is 1. The molecule has 1 atom stereocenters. The van der Waals surface area contributed by atoms with E-state index in [0.29, 0.717) is 5.75 Å². The van der Waals surface area contributed by atoms with Crippen LogP contribution in [0.2, 0.25) is 0 Å². The van der Waals surface area contributed by atoms with Gasteiger partial charge < -0.3 is 10.5 Å². The first kappa shape index (κ1) is 12.8. The third kappa shape index (κ3) is 3.39. The zero-order chi connectivity index (χ0) is 12.3. The van der Waals surface area contributed by atoms with Crippen molar-refractivity contribution in [2.45, 2.75) is 17.9 Å². The van der Waals surface area contributed by atoms with Gasteiger partial charge in [-0.25, -0.2) is 8.42 Å². The molecule has 0 aliphatic carbocycles. The van der Waals surface area contributed by atoms with Gasteiger partial charge in [-0.3, -0.25) is 4.79 Å². The number of hydrogen-bond donors (Lipinski definition) is 1. The van der Waals surface area contributed by atoms with Crippen LogP contribution < -0.4 is 10.5 Å². The average molecular weight is 264 g/mol. The van der Waals surface area contributed by atoms with Gasteiger partial charge in [0, 0.05) is 10.7 Å². The second-order valence-electron chi connectivity index (χ2n) is 3.07. The smallest absolute Gasteiger partial charge is 0.261 e. The largest absolute Gasteiger partial charge is 0.481 e. The second-order valence-corrected chi connectivity index (χ2v) is 5.64. The number of ether oxygens (including phenoxy) is 1. The van der Waals surface area contributed by atoms with Crippen LogP contribution in [0.25, 0.3) is 0 Å². The van der Waals surface area contributed by atoms with Crippen molar-refractivity contribution < 1.29 is 17.9 Å². The Bertz CT molecular complexity index is 483. The molecule has 0 saturated heterocycles. The Morgan fingerprint density at radius 2 is 1.88 bits per heavy atom. The van der Waals surface area contributed by atoms with E-state index in [-0.39, 0.29) is 4.90 Å². The minimum absolute atomic E-state index is 0.0340. The van der Waals surface area contributed by atoms with Crippen LogP contribution in [-0.4, -0.2) is 20.4 Å². The summed E-state index contributed by atoms with van der Waals surface area (Å²) in [5.74, 6) is -0.260.